The van der Waals surface area contributed by atoms with Crippen molar-refractivity contribution in [1.82, 2.24) is 10.4 Å². The molecule has 1 aliphatic heterocycles. The number of hydrogen-bond acceptors (Lipinski definition) is 6. The molecule has 0 aromatic heterocycles. The van der Waals surface area contributed by atoms with Gasteiger partial charge in [-0.15, -0.1) is 0 Å². The minimum absolute atomic E-state index is 0.314. The van der Waals surface area contributed by atoms with Gasteiger partial charge in [0.1, 0.15) is 11.9 Å². The molecular formula is C22H24ClN5O3. The maximum absolute atomic E-state index is 12.3. The summed E-state index contributed by atoms with van der Waals surface area (Å²) in [7, 11) is 0. The van der Waals surface area contributed by atoms with E-state index in [1.165, 1.54) is 6.08 Å². The van der Waals surface area contributed by atoms with E-state index in [2.05, 4.69) is 21.1 Å². The highest BCUT2D eigenvalue weighted by Crippen LogP contribution is 2.25. The fraction of sp³-hybridized carbons (Fsp3) is 0.227. The second kappa shape index (κ2) is 9.53. The SMILES string of the molecule is CC(C)(C)OC(=O)Nc1ccc(NC(=O)/C=C/N2NC=NC2c2cccc(Cl)c2)cc1. The molecule has 3 N–H and O–H groups in total. The summed E-state index contributed by atoms with van der Waals surface area (Å²) in [5, 5.41) is 7.71. The van der Waals surface area contributed by atoms with Crippen LogP contribution >= 0.6 is 11.6 Å². The summed E-state index contributed by atoms with van der Waals surface area (Å²) in [6.07, 6.45) is 3.70. The molecule has 1 heterocycles. The van der Waals surface area contributed by atoms with Crippen LogP contribution in [0, 0.1) is 0 Å². The molecule has 0 bridgehead atoms. The fourth-order valence-corrected chi connectivity index (χ4v) is 2.94. The van der Waals surface area contributed by atoms with Crippen LogP contribution in [0.25, 0.3) is 0 Å². The first-order chi connectivity index (χ1) is 14.7. The molecule has 0 fully saturated rings. The summed E-state index contributed by atoms with van der Waals surface area (Å²) in [4.78, 5) is 28.4. The zero-order valence-corrected chi connectivity index (χ0v) is 18.2. The van der Waals surface area contributed by atoms with Crippen molar-refractivity contribution < 1.29 is 14.3 Å². The number of anilines is 2. The fourth-order valence-electron chi connectivity index (χ4n) is 2.74. The Hall–Kier alpha value is -3.52. The molecule has 3 rings (SSSR count). The van der Waals surface area contributed by atoms with E-state index in [9.17, 15) is 9.59 Å². The van der Waals surface area contributed by atoms with Crippen LogP contribution in [0.15, 0.2) is 65.8 Å². The van der Waals surface area contributed by atoms with Crippen LogP contribution in [0.3, 0.4) is 0 Å². The third-order valence-electron chi connectivity index (χ3n) is 4.02. The third-order valence-corrected chi connectivity index (χ3v) is 4.25. The first-order valence-electron chi connectivity index (χ1n) is 9.60. The highest BCUT2D eigenvalue weighted by molar-refractivity contribution is 6.30. The number of hydrazine groups is 1. The molecule has 2 aromatic carbocycles. The van der Waals surface area contributed by atoms with Gasteiger partial charge in [-0.05, 0) is 62.7 Å². The van der Waals surface area contributed by atoms with E-state index < -0.39 is 11.7 Å². The zero-order chi connectivity index (χ0) is 22.4. The van der Waals surface area contributed by atoms with Gasteiger partial charge in [-0.2, -0.15) is 0 Å². The molecule has 0 radical (unpaired) electrons. The summed E-state index contributed by atoms with van der Waals surface area (Å²) in [6.45, 7) is 5.37. The van der Waals surface area contributed by atoms with Crippen molar-refractivity contribution in [2.24, 2.45) is 4.99 Å². The number of hydrogen-bond donors (Lipinski definition) is 3. The second-order valence-electron chi connectivity index (χ2n) is 7.75. The molecule has 1 atom stereocenters. The maximum Gasteiger partial charge on any atom is 0.412 e. The Morgan fingerprint density at radius 1 is 1.13 bits per heavy atom. The van der Waals surface area contributed by atoms with E-state index in [1.54, 1.807) is 68.7 Å². The van der Waals surface area contributed by atoms with Gasteiger partial charge >= 0.3 is 6.09 Å². The minimum atomic E-state index is -0.578. The monoisotopic (exact) mass is 441 g/mol. The van der Waals surface area contributed by atoms with E-state index in [0.717, 1.165) is 5.56 Å². The quantitative estimate of drug-likeness (QED) is 0.585. The molecule has 1 unspecified atom stereocenters. The summed E-state index contributed by atoms with van der Waals surface area (Å²) in [5.74, 6) is -0.314. The number of nitrogens with one attached hydrogen (secondary N) is 3. The zero-order valence-electron chi connectivity index (χ0n) is 17.4. The van der Waals surface area contributed by atoms with Crippen LogP contribution < -0.4 is 16.1 Å². The molecule has 0 saturated heterocycles. The minimum Gasteiger partial charge on any atom is -0.444 e. The van der Waals surface area contributed by atoms with Gasteiger partial charge in [0.05, 0.1) is 0 Å². The van der Waals surface area contributed by atoms with Crippen LogP contribution in [0.5, 0.6) is 0 Å². The van der Waals surface area contributed by atoms with Crippen molar-refractivity contribution >= 4 is 41.3 Å². The Morgan fingerprint density at radius 2 is 1.81 bits per heavy atom. The van der Waals surface area contributed by atoms with Gasteiger partial charge < -0.3 is 10.1 Å². The van der Waals surface area contributed by atoms with E-state index >= 15 is 0 Å². The predicted molar refractivity (Wildman–Crippen MR) is 122 cm³/mol. The van der Waals surface area contributed by atoms with Gasteiger partial charge in [0, 0.05) is 28.7 Å². The Kier molecular flexibility index (Phi) is 6.81. The van der Waals surface area contributed by atoms with Crippen molar-refractivity contribution in [3.63, 3.8) is 0 Å². The molecule has 8 nitrogen and oxygen atoms in total. The van der Waals surface area contributed by atoms with Gasteiger partial charge in [0.15, 0.2) is 6.17 Å². The van der Waals surface area contributed by atoms with Crippen molar-refractivity contribution in [1.29, 1.82) is 0 Å². The summed E-state index contributed by atoms with van der Waals surface area (Å²) < 4.78 is 5.21. The lowest BCUT2D eigenvalue weighted by Gasteiger charge is -2.21. The summed E-state index contributed by atoms with van der Waals surface area (Å²) in [6, 6.07) is 14.1. The molecule has 2 amide bonds. The van der Waals surface area contributed by atoms with Gasteiger partial charge in [-0.3, -0.25) is 20.5 Å². The Morgan fingerprint density at radius 3 is 2.45 bits per heavy atom. The van der Waals surface area contributed by atoms with Crippen LogP contribution in [-0.4, -0.2) is 28.9 Å². The highest BCUT2D eigenvalue weighted by atomic mass is 35.5. The van der Waals surface area contributed by atoms with Crippen molar-refractivity contribution in [2.75, 3.05) is 10.6 Å². The molecule has 0 aliphatic carbocycles. The molecule has 0 spiro atoms. The highest BCUT2D eigenvalue weighted by Gasteiger charge is 2.20. The van der Waals surface area contributed by atoms with Crippen molar-refractivity contribution in [3.05, 3.63) is 71.4 Å². The Balaban J connectivity index is 1.54. The number of aliphatic imine (C=N–C) groups is 1. The molecule has 1 aliphatic rings. The smallest absolute Gasteiger partial charge is 0.412 e. The average Bonchev–Trinajstić information content (AvgIpc) is 3.15. The molecule has 162 valence electrons. The topological polar surface area (TPSA) is 95.1 Å². The predicted octanol–water partition coefficient (Wildman–Crippen LogP) is 4.69. The number of carbonyl (C=O) groups is 2. The van der Waals surface area contributed by atoms with E-state index in [4.69, 9.17) is 16.3 Å². The lowest BCUT2D eigenvalue weighted by Crippen LogP contribution is -2.29. The number of ether oxygens (including phenoxy) is 1. The van der Waals surface area contributed by atoms with E-state index in [-0.39, 0.29) is 12.1 Å². The first-order valence-corrected chi connectivity index (χ1v) is 9.98. The normalized spacial score (nSPS) is 15.6. The number of halogens is 1. The number of rotatable bonds is 5. The van der Waals surface area contributed by atoms with Gasteiger partial charge in [0.2, 0.25) is 5.91 Å². The summed E-state index contributed by atoms with van der Waals surface area (Å²) >= 11 is 6.05. The van der Waals surface area contributed by atoms with E-state index in [0.29, 0.717) is 16.4 Å². The number of benzene rings is 2. The summed E-state index contributed by atoms with van der Waals surface area (Å²) in [5.41, 5.74) is 4.43. The molecule has 0 saturated carbocycles. The third kappa shape index (κ3) is 6.75. The second-order valence-corrected chi connectivity index (χ2v) is 8.19. The van der Waals surface area contributed by atoms with Crippen LogP contribution in [-0.2, 0) is 9.53 Å². The van der Waals surface area contributed by atoms with Gasteiger partial charge in [0.25, 0.3) is 0 Å². The molecule has 31 heavy (non-hydrogen) atoms. The van der Waals surface area contributed by atoms with Crippen LogP contribution in [0.1, 0.15) is 32.5 Å². The van der Waals surface area contributed by atoms with Crippen LogP contribution in [0.4, 0.5) is 16.2 Å². The molecule has 9 heteroatoms. The molecule has 2 aromatic rings. The van der Waals surface area contributed by atoms with Gasteiger partial charge in [-0.1, -0.05) is 23.7 Å². The average molecular weight is 442 g/mol. The van der Waals surface area contributed by atoms with Crippen molar-refractivity contribution in [3.8, 4) is 0 Å². The Labute approximate surface area is 185 Å². The van der Waals surface area contributed by atoms with Crippen LogP contribution in [0.2, 0.25) is 5.02 Å². The molecular weight excluding hydrogens is 418 g/mol. The standard InChI is InChI=1S/C22H24ClN5O3/c1-22(2,3)31-21(30)27-18-9-7-17(8-10-18)26-19(29)11-12-28-20(24-14-25-28)15-5-4-6-16(23)13-15/h4-14,20H,1-3H3,(H,24,25)(H,26,29)(H,27,30)/b12-11+. The lowest BCUT2D eigenvalue weighted by molar-refractivity contribution is -0.112. The number of amides is 2. The first kappa shape index (κ1) is 22.2. The number of carbonyl (C=O) groups excluding carboxylic acids is 2. The maximum atomic E-state index is 12.3. The van der Waals surface area contributed by atoms with E-state index in [1.807, 2.05) is 18.2 Å². The number of nitrogens with zero attached hydrogens (tertiary/aromatic N) is 2. The largest absolute Gasteiger partial charge is 0.444 e. The Bertz CT molecular complexity index is 999. The van der Waals surface area contributed by atoms with Crippen molar-refractivity contribution in [2.45, 2.75) is 32.5 Å². The lowest BCUT2D eigenvalue weighted by atomic mass is 10.2. The van der Waals surface area contributed by atoms with Gasteiger partial charge in [-0.25, -0.2) is 9.79 Å².